The number of aromatic amines is 1. The monoisotopic (exact) mass is 446 g/mol. The first-order chi connectivity index (χ1) is 16.0. The van der Waals surface area contributed by atoms with Gasteiger partial charge in [0, 0.05) is 12.3 Å². The molecule has 0 radical (unpaired) electrons. The Morgan fingerprint density at radius 1 is 1.09 bits per heavy atom. The van der Waals surface area contributed by atoms with Gasteiger partial charge in [0.1, 0.15) is 17.4 Å². The number of H-pyrrole nitrogens is 1. The number of aliphatic hydroxyl groups is 1. The minimum atomic E-state index is -0.614. The zero-order valence-electron chi connectivity index (χ0n) is 19.3. The van der Waals surface area contributed by atoms with Crippen molar-refractivity contribution in [3.05, 3.63) is 93.4 Å². The standard InChI is InChI=1S/C26H30N4O3/c1-17-24-26(32)28-23(16-20-12-14-21(33-3)15-13-20)29-30(24)25(27-17)22(18(2)31)11-7-10-19-8-5-4-6-9-19/h4-6,8-9,12-15,18,22,31H,7,10-11,16H2,1-3H3,(H,28,29,32). The van der Waals surface area contributed by atoms with E-state index in [9.17, 15) is 9.90 Å². The Morgan fingerprint density at radius 2 is 1.82 bits per heavy atom. The second-order valence-electron chi connectivity index (χ2n) is 8.47. The second-order valence-corrected chi connectivity index (χ2v) is 8.47. The van der Waals surface area contributed by atoms with Gasteiger partial charge in [0.05, 0.1) is 18.9 Å². The molecule has 2 N–H and O–H groups in total. The Morgan fingerprint density at radius 3 is 2.48 bits per heavy atom. The first kappa shape index (κ1) is 22.7. The van der Waals surface area contributed by atoms with Crippen molar-refractivity contribution in [2.75, 3.05) is 7.11 Å². The smallest absolute Gasteiger partial charge is 0.277 e. The number of nitrogens with one attached hydrogen (secondary N) is 1. The number of imidazole rings is 1. The van der Waals surface area contributed by atoms with E-state index in [1.807, 2.05) is 49.4 Å². The fraction of sp³-hybridized carbons (Fsp3) is 0.346. The molecular formula is C26H30N4O3. The van der Waals surface area contributed by atoms with Crippen LogP contribution in [0.5, 0.6) is 5.75 Å². The third-order valence-electron chi connectivity index (χ3n) is 6.02. The highest BCUT2D eigenvalue weighted by Crippen LogP contribution is 2.26. The minimum absolute atomic E-state index is 0.224. The quantitative estimate of drug-likeness (QED) is 0.408. The lowest BCUT2D eigenvalue weighted by Gasteiger charge is -2.18. The lowest BCUT2D eigenvalue weighted by atomic mass is 9.94. The van der Waals surface area contributed by atoms with Crippen LogP contribution in [0.3, 0.4) is 0 Å². The molecule has 0 aliphatic heterocycles. The van der Waals surface area contributed by atoms with Crippen molar-refractivity contribution < 1.29 is 9.84 Å². The van der Waals surface area contributed by atoms with E-state index in [1.54, 1.807) is 18.5 Å². The average molecular weight is 447 g/mol. The van der Waals surface area contributed by atoms with Crippen LogP contribution in [0.2, 0.25) is 0 Å². The number of rotatable bonds is 9. The predicted octanol–water partition coefficient (Wildman–Crippen LogP) is 3.81. The Balaban J connectivity index is 1.62. The molecule has 2 aromatic heterocycles. The number of methoxy groups -OCH3 is 1. The fourth-order valence-electron chi connectivity index (χ4n) is 4.25. The number of benzene rings is 2. The largest absolute Gasteiger partial charge is 0.497 e. The molecule has 4 aromatic rings. The Hall–Kier alpha value is -3.45. The van der Waals surface area contributed by atoms with E-state index < -0.39 is 6.10 Å². The number of aliphatic hydroxyl groups excluding tert-OH is 1. The minimum Gasteiger partial charge on any atom is -0.497 e. The van der Waals surface area contributed by atoms with Crippen LogP contribution in [-0.2, 0) is 12.8 Å². The van der Waals surface area contributed by atoms with Crippen molar-refractivity contribution >= 4 is 5.52 Å². The van der Waals surface area contributed by atoms with Crippen molar-refractivity contribution in [2.24, 2.45) is 0 Å². The molecule has 0 saturated carbocycles. The highest BCUT2D eigenvalue weighted by Gasteiger charge is 2.25. The Kier molecular flexibility index (Phi) is 6.89. The third-order valence-corrected chi connectivity index (χ3v) is 6.02. The highest BCUT2D eigenvalue weighted by molar-refractivity contribution is 5.50. The van der Waals surface area contributed by atoms with E-state index in [0.717, 1.165) is 30.6 Å². The predicted molar refractivity (Wildman–Crippen MR) is 128 cm³/mol. The third kappa shape index (κ3) is 5.14. The number of fused-ring (bicyclic) bond motifs is 1. The van der Waals surface area contributed by atoms with E-state index in [4.69, 9.17) is 9.84 Å². The Bertz CT molecular complexity index is 1260. The zero-order valence-corrected chi connectivity index (χ0v) is 19.3. The van der Waals surface area contributed by atoms with Gasteiger partial charge < -0.3 is 14.8 Å². The molecule has 7 nitrogen and oxygen atoms in total. The number of nitrogens with zero attached hydrogens (tertiary/aromatic N) is 3. The summed E-state index contributed by atoms with van der Waals surface area (Å²) in [5.74, 6) is 1.73. The van der Waals surface area contributed by atoms with Gasteiger partial charge in [-0.15, -0.1) is 0 Å². The second kappa shape index (κ2) is 10.0. The SMILES string of the molecule is COc1ccc(Cc2nn3c(C(CCCc4ccccc4)C(C)O)nc(C)c3c(=O)[nH]2)cc1. The molecule has 2 unspecified atom stereocenters. The summed E-state index contributed by atoms with van der Waals surface area (Å²) in [6, 6.07) is 18.0. The summed E-state index contributed by atoms with van der Waals surface area (Å²) < 4.78 is 6.85. The number of hydrogen-bond donors (Lipinski definition) is 2. The van der Waals surface area contributed by atoms with Gasteiger partial charge in [0.2, 0.25) is 0 Å². The summed E-state index contributed by atoms with van der Waals surface area (Å²) >= 11 is 0. The van der Waals surface area contributed by atoms with Crippen LogP contribution >= 0.6 is 0 Å². The summed E-state index contributed by atoms with van der Waals surface area (Å²) in [6.45, 7) is 3.58. The van der Waals surface area contributed by atoms with Gasteiger partial charge in [-0.25, -0.2) is 9.50 Å². The number of aromatic nitrogens is 4. The molecule has 0 aliphatic carbocycles. The van der Waals surface area contributed by atoms with Gasteiger partial charge in [0.25, 0.3) is 5.56 Å². The van der Waals surface area contributed by atoms with E-state index in [0.29, 0.717) is 29.3 Å². The van der Waals surface area contributed by atoms with Gasteiger partial charge in [0.15, 0.2) is 5.52 Å². The molecule has 33 heavy (non-hydrogen) atoms. The molecule has 0 fully saturated rings. The van der Waals surface area contributed by atoms with Crippen molar-refractivity contribution in [3.8, 4) is 5.75 Å². The molecule has 0 saturated heterocycles. The maximum atomic E-state index is 12.9. The molecule has 0 spiro atoms. The lowest BCUT2D eigenvalue weighted by Crippen LogP contribution is -2.22. The maximum Gasteiger partial charge on any atom is 0.277 e. The van der Waals surface area contributed by atoms with Crippen LogP contribution in [0.15, 0.2) is 59.4 Å². The molecule has 172 valence electrons. The van der Waals surface area contributed by atoms with E-state index in [-0.39, 0.29) is 11.5 Å². The first-order valence-electron chi connectivity index (χ1n) is 11.3. The van der Waals surface area contributed by atoms with E-state index >= 15 is 0 Å². The normalized spacial score (nSPS) is 13.2. The highest BCUT2D eigenvalue weighted by atomic mass is 16.5. The lowest BCUT2D eigenvalue weighted by molar-refractivity contribution is 0.151. The topological polar surface area (TPSA) is 92.5 Å². The van der Waals surface area contributed by atoms with Gasteiger partial charge in [-0.1, -0.05) is 42.5 Å². The summed E-state index contributed by atoms with van der Waals surface area (Å²) in [5, 5.41) is 15.3. The van der Waals surface area contributed by atoms with E-state index in [2.05, 4.69) is 22.1 Å². The summed E-state index contributed by atoms with van der Waals surface area (Å²) in [4.78, 5) is 20.4. The van der Waals surface area contributed by atoms with Gasteiger partial charge >= 0.3 is 0 Å². The number of hydrogen-bond acceptors (Lipinski definition) is 5. The molecule has 2 atom stereocenters. The van der Waals surface area contributed by atoms with Gasteiger partial charge in [-0.3, -0.25) is 4.79 Å². The summed E-state index contributed by atoms with van der Waals surface area (Å²) in [5.41, 5.74) is 3.09. The maximum absolute atomic E-state index is 12.9. The number of aryl methyl sites for hydroxylation is 2. The van der Waals surface area contributed by atoms with Crippen molar-refractivity contribution in [2.45, 2.75) is 51.6 Å². The molecule has 0 aliphatic rings. The summed E-state index contributed by atoms with van der Waals surface area (Å²) in [7, 11) is 1.63. The first-order valence-corrected chi connectivity index (χ1v) is 11.3. The molecule has 2 heterocycles. The van der Waals surface area contributed by atoms with Crippen molar-refractivity contribution in [1.29, 1.82) is 0 Å². The van der Waals surface area contributed by atoms with Crippen LogP contribution in [-0.4, -0.2) is 37.9 Å². The van der Waals surface area contributed by atoms with Crippen molar-refractivity contribution in [1.82, 2.24) is 19.6 Å². The molecule has 0 amide bonds. The van der Waals surface area contributed by atoms with Crippen LogP contribution < -0.4 is 10.3 Å². The van der Waals surface area contributed by atoms with Crippen LogP contribution in [0, 0.1) is 6.92 Å². The Labute approximate surface area is 193 Å². The molecular weight excluding hydrogens is 416 g/mol. The van der Waals surface area contributed by atoms with Crippen molar-refractivity contribution in [3.63, 3.8) is 0 Å². The summed E-state index contributed by atoms with van der Waals surface area (Å²) in [6.07, 6.45) is 2.42. The van der Waals surface area contributed by atoms with Crippen LogP contribution in [0.1, 0.15) is 54.2 Å². The van der Waals surface area contributed by atoms with Gasteiger partial charge in [-0.05, 0) is 56.4 Å². The van der Waals surface area contributed by atoms with Crippen LogP contribution in [0.25, 0.3) is 5.52 Å². The van der Waals surface area contributed by atoms with Gasteiger partial charge in [-0.2, -0.15) is 5.10 Å². The molecule has 4 rings (SSSR count). The fourth-order valence-corrected chi connectivity index (χ4v) is 4.25. The van der Waals surface area contributed by atoms with E-state index in [1.165, 1.54) is 5.56 Å². The average Bonchev–Trinajstić information content (AvgIpc) is 3.14. The molecule has 2 aromatic carbocycles. The van der Waals surface area contributed by atoms with Crippen LogP contribution in [0.4, 0.5) is 0 Å². The number of ether oxygens (including phenoxy) is 1. The zero-order chi connectivity index (χ0) is 23.4. The molecule has 7 heteroatoms. The molecule has 0 bridgehead atoms.